The summed E-state index contributed by atoms with van der Waals surface area (Å²) in [5.74, 6) is 1.63. The van der Waals surface area contributed by atoms with Crippen molar-refractivity contribution in [2.24, 2.45) is 0 Å². The molecule has 0 fully saturated rings. The van der Waals surface area contributed by atoms with Crippen LogP contribution < -0.4 is 14.4 Å². The van der Waals surface area contributed by atoms with Gasteiger partial charge in [-0.15, -0.1) is 0 Å². The molecule has 0 saturated heterocycles. The fourth-order valence-corrected chi connectivity index (χ4v) is 3.40. The number of benzene rings is 4. The van der Waals surface area contributed by atoms with Gasteiger partial charge in [-0.2, -0.15) is 0 Å². The van der Waals surface area contributed by atoms with Gasteiger partial charge < -0.3 is 14.4 Å². The Bertz CT molecular complexity index is 1040. The summed E-state index contributed by atoms with van der Waals surface area (Å²) < 4.78 is 10.9. The summed E-state index contributed by atoms with van der Waals surface area (Å²) in [6, 6.07) is 35.1. The zero-order valence-corrected chi connectivity index (χ0v) is 16.6. The Morgan fingerprint density at radius 2 is 0.966 bits per heavy atom. The number of anilines is 3. The summed E-state index contributed by atoms with van der Waals surface area (Å²) in [7, 11) is 3.37. The molecule has 0 aliphatic rings. The van der Waals surface area contributed by atoms with Gasteiger partial charge in [0.1, 0.15) is 11.5 Å². The maximum atomic E-state index is 5.46. The SMILES string of the molecule is COc1cccc(N(c2cccc(OC)c2)c2cccc(-c3ccccc3)c2)c1. The highest BCUT2D eigenvalue weighted by molar-refractivity contribution is 5.80. The van der Waals surface area contributed by atoms with Crippen LogP contribution in [0, 0.1) is 0 Å². The monoisotopic (exact) mass is 381 g/mol. The van der Waals surface area contributed by atoms with Crippen molar-refractivity contribution in [3.05, 3.63) is 103 Å². The van der Waals surface area contributed by atoms with Gasteiger partial charge in [0.05, 0.1) is 14.2 Å². The summed E-state index contributed by atoms with van der Waals surface area (Å²) in [5, 5.41) is 0. The van der Waals surface area contributed by atoms with Crippen LogP contribution in [0.15, 0.2) is 103 Å². The van der Waals surface area contributed by atoms with Crippen molar-refractivity contribution in [3.63, 3.8) is 0 Å². The first-order valence-corrected chi connectivity index (χ1v) is 9.52. The van der Waals surface area contributed by atoms with E-state index < -0.39 is 0 Å². The predicted octanol–water partition coefficient (Wildman–Crippen LogP) is 6.84. The lowest BCUT2D eigenvalue weighted by Gasteiger charge is -2.26. The molecular formula is C26H23NO2. The molecule has 3 heteroatoms. The number of nitrogens with zero attached hydrogens (tertiary/aromatic N) is 1. The van der Waals surface area contributed by atoms with Crippen LogP contribution in [0.1, 0.15) is 0 Å². The molecule has 4 aromatic carbocycles. The lowest BCUT2D eigenvalue weighted by molar-refractivity contribution is 0.414. The summed E-state index contributed by atoms with van der Waals surface area (Å²) >= 11 is 0. The summed E-state index contributed by atoms with van der Waals surface area (Å²) in [6.45, 7) is 0. The van der Waals surface area contributed by atoms with E-state index in [1.54, 1.807) is 14.2 Å². The van der Waals surface area contributed by atoms with Crippen LogP contribution in [0.4, 0.5) is 17.1 Å². The molecule has 0 aromatic heterocycles. The van der Waals surface area contributed by atoms with E-state index >= 15 is 0 Å². The second-order valence-electron chi connectivity index (χ2n) is 6.65. The molecule has 0 bridgehead atoms. The molecule has 4 aromatic rings. The quantitative estimate of drug-likeness (QED) is 0.365. The van der Waals surface area contributed by atoms with Crippen molar-refractivity contribution in [2.45, 2.75) is 0 Å². The minimum absolute atomic E-state index is 0.814. The predicted molar refractivity (Wildman–Crippen MR) is 120 cm³/mol. The second kappa shape index (κ2) is 8.53. The van der Waals surface area contributed by atoms with Gasteiger partial charge in [-0.3, -0.25) is 0 Å². The third-order valence-electron chi connectivity index (χ3n) is 4.83. The minimum atomic E-state index is 0.814. The largest absolute Gasteiger partial charge is 0.497 e. The van der Waals surface area contributed by atoms with Crippen LogP contribution in [-0.4, -0.2) is 14.2 Å². The van der Waals surface area contributed by atoms with E-state index in [2.05, 4.69) is 65.6 Å². The van der Waals surface area contributed by atoms with Gasteiger partial charge in [-0.1, -0.05) is 54.6 Å². The van der Waals surface area contributed by atoms with Gasteiger partial charge in [0.25, 0.3) is 0 Å². The first-order chi connectivity index (χ1) is 14.3. The molecule has 29 heavy (non-hydrogen) atoms. The van der Waals surface area contributed by atoms with Gasteiger partial charge in [-0.25, -0.2) is 0 Å². The molecule has 0 aliphatic heterocycles. The van der Waals surface area contributed by atoms with Crippen molar-refractivity contribution in [1.82, 2.24) is 0 Å². The first kappa shape index (κ1) is 18.6. The van der Waals surface area contributed by atoms with E-state index in [9.17, 15) is 0 Å². The second-order valence-corrected chi connectivity index (χ2v) is 6.65. The third-order valence-corrected chi connectivity index (χ3v) is 4.83. The number of ether oxygens (including phenoxy) is 2. The molecule has 0 heterocycles. The van der Waals surface area contributed by atoms with E-state index in [4.69, 9.17) is 9.47 Å². The van der Waals surface area contributed by atoms with Crippen molar-refractivity contribution in [1.29, 1.82) is 0 Å². The highest BCUT2D eigenvalue weighted by Crippen LogP contribution is 2.38. The van der Waals surface area contributed by atoms with Crippen LogP contribution in [0.2, 0.25) is 0 Å². The summed E-state index contributed by atoms with van der Waals surface area (Å²) in [5.41, 5.74) is 5.45. The smallest absolute Gasteiger partial charge is 0.120 e. The molecule has 4 rings (SSSR count). The Hall–Kier alpha value is -3.72. The van der Waals surface area contributed by atoms with Crippen molar-refractivity contribution in [3.8, 4) is 22.6 Å². The normalized spacial score (nSPS) is 10.4. The Morgan fingerprint density at radius 1 is 0.483 bits per heavy atom. The molecule has 0 radical (unpaired) electrons. The van der Waals surface area contributed by atoms with Crippen molar-refractivity contribution in [2.75, 3.05) is 19.1 Å². The Labute approximate surface area is 171 Å². The van der Waals surface area contributed by atoms with E-state index in [1.807, 2.05) is 42.5 Å². The van der Waals surface area contributed by atoms with Crippen molar-refractivity contribution >= 4 is 17.1 Å². The zero-order valence-electron chi connectivity index (χ0n) is 16.6. The van der Waals surface area contributed by atoms with E-state index in [1.165, 1.54) is 11.1 Å². The maximum absolute atomic E-state index is 5.46. The van der Waals surface area contributed by atoms with Crippen LogP contribution in [-0.2, 0) is 0 Å². The molecule has 0 amide bonds. The van der Waals surface area contributed by atoms with E-state index in [0.29, 0.717) is 0 Å². The molecule has 0 spiro atoms. The number of hydrogen-bond donors (Lipinski definition) is 0. The molecule has 0 aliphatic carbocycles. The molecular weight excluding hydrogens is 358 g/mol. The Kier molecular flexibility index (Phi) is 5.48. The summed E-state index contributed by atoms with van der Waals surface area (Å²) in [4.78, 5) is 2.21. The summed E-state index contributed by atoms with van der Waals surface area (Å²) in [6.07, 6.45) is 0. The van der Waals surface area contributed by atoms with Crippen LogP contribution in [0.25, 0.3) is 11.1 Å². The third kappa shape index (κ3) is 4.09. The van der Waals surface area contributed by atoms with Gasteiger partial charge >= 0.3 is 0 Å². The van der Waals surface area contributed by atoms with Crippen LogP contribution in [0.3, 0.4) is 0 Å². The zero-order chi connectivity index (χ0) is 20.1. The molecule has 144 valence electrons. The highest BCUT2D eigenvalue weighted by Gasteiger charge is 2.14. The van der Waals surface area contributed by atoms with E-state index in [-0.39, 0.29) is 0 Å². The van der Waals surface area contributed by atoms with Crippen LogP contribution in [0.5, 0.6) is 11.5 Å². The molecule has 3 nitrogen and oxygen atoms in total. The minimum Gasteiger partial charge on any atom is -0.497 e. The fraction of sp³-hybridized carbons (Fsp3) is 0.0769. The fourth-order valence-electron chi connectivity index (χ4n) is 3.40. The molecule has 0 saturated carbocycles. The van der Waals surface area contributed by atoms with Gasteiger partial charge in [0.2, 0.25) is 0 Å². The Balaban J connectivity index is 1.86. The van der Waals surface area contributed by atoms with Crippen molar-refractivity contribution < 1.29 is 9.47 Å². The van der Waals surface area contributed by atoms with E-state index in [0.717, 1.165) is 28.6 Å². The Morgan fingerprint density at radius 3 is 1.52 bits per heavy atom. The topological polar surface area (TPSA) is 21.7 Å². The van der Waals surface area contributed by atoms with Gasteiger partial charge in [0.15, 0.2) is 0 Å². The standard InChI is InChI=1S/C26H23NO2/c1-28-25-15-7-13-23(18-25)27(24-14-8-16-26(19-24)29-2)22-12-6-11-21(17-22)20-9-4-3-5-10-20/h3-19H,1-2H3. The lowest BCUT2D eigenvalue weighted by atomic mass is 10.0. The number of methoxy groups -OCH3 is 2. The average Bonchev–Trinajstić information content (AvgIpc) is 2.80. The van der Waals surface area contributed by atoms with Gasteiger partial charge in [-0.05, 0) is 47.5 Å². The molecule has 0 atom stereocenters. The number of hydrogen-bond acceptors (Lipinski definition) is 3. The molecule has 0 N–H and O–H groups in total. The molecule has 0 unspecified atom stereocenters. The van der Waals surface area contributed by atoms with Crippen LogP contribution >= 0.6 is 0 Å². The first-order valence-electron chi connectivity index (χ1n) is 9.52. The highest BCUT2D eigenvalue weighted by atomic mass is 16.5. The van der Waals surface area contributed by atoms with Gasteiger partial charge in [0, 0.05) is 29.2 Å². The average molecular weight is 381 g/mol. The lowest BCUT2D eigenvalue weighted by Crippen LogP contribution is -2.10. The maximum Gasteiger partial charge on any atom is 0.120 e. The number of rotatable bonds is 6.